The number of carbonyl (C=O) groups is 2. The van der Waals surface area contributed by atoms with E-state index in [1.54, 1.807) is 31.3 Å². The molecule has 0 heterocycles. The van der Waals surface area contributed by atoms with E-state index in [4.69, 9.17) is 9.47 Å². The van der Waals surface area contributed by atoms with Crippen LogP contribution in [0.4, 0.5) is 5.69 Å². The maximum Gasteiger partial charge on any atom is 0.339 e. The number of methoxy groups -OCH3 is 1. The van der Waals surface area contributed by atoms with Gasteiger partial charge < -0.3 is 14.4 Å². The molecule has 0 saturated carbocycles. The van der Waals surface area contributed by atoms with Crippen molar-refractivity contribution in [2.75, 3.05) is 25.7 Å². The Morgan fingerprint density at radius 3 is 2.28 bits per heavy atom. The fraction of sp³-hybridized carbons (Fsp3) is 0.300. The predicted molar refractivity (Wildman–Crippen MR) is 97.2 cm³/mol. The van der Waals surface area contributed by atoms with Crippen LogP contribution in [0.25, 0.3) is 0 Å². The minimum atomic E-state index is -0.486. The highest BCUT2D eigenvalue weighted by Crippen LogP contribution is 2.21. The first-order valence-electron chi connectivity index (χ1n) is 8.10. The van der Waals surface area contributed by atoms with E-state index in [9.17, 15) is 9.59 Å². The molecule has 0 aromatic heterocycles. The number of likely N-dealkylation sites (N-methyl/N-ethyl adjacent to an activating group) is 1. The Labute approximate surface area is 148 Å². The van der Waals surface area contributed by atoms with Crippen LogP contribution >= 0.6 is 0 Å². The minimum absolute atomic E-state index is 0.118. The van der Waals surface area contributed by atoms with Crippen LogP contribution in [0.3, 0.4) is 0 Å². The lowest BCUT2D eigenvalue weighted by Crippen LogP contribution is -2.32. The van der Waals surface area contributed by atoms with Crippen molar-refractivity contribution >= 4 is 17.6 Å². The van der Waals surface area contributed by atoms with Crippen molar-refractivity contribution < 1.29 is 19.1 Å². The van der Waals surface area contributed by atoms with Gasteiger partial charge in [0.1, 0.15) is 5.75 Å². The van der Waals surface area contributed by atoms with Gasteiger partial charge in [-0.2, -0.15) is 0 Å². The molecule has 0 bridgehead atoms. The summed E-state index contributed by atoms with van der Waals surface area (Å²) in [5, 5.41) is 0. The summed E-state index contributed by atoms with van der Waals surface area (Å²) in [5.74, 6) is 0.328. The number of ether oxygens (including phenoxy) is 2. The van der Waals surface area contributed by atoms with Gasteiger partial charge in [-0.1, -0.05) is 38.1 Å². The Morgan fingerprint density at radius 1 is 1.04 bits per heavy atom. The summed E-state index contributed by atoms with van der Waals surface area (Å²) < 4.78 is 10.3. The second kappa shape index (κ2) is 8.33. The number of hydrogen-bond donors (Lipinski definition) is 0. The zero-order valence-corrected chi connectivity index (χ0v) is 15.0. The van der Waals surface area contributed by atoms with E-state index >= 15 is 0 Å². The van der Waals surface area contributed by atoms with Gasteiger partial charge in [-0.25, -0.2) is 4.79 Å². The fourth-order valence-electron chi connectivity index (χ4n) is 2.37. The molecule has 0 radical (unpaired) electrons. The Morgan fingerprint density at radius 2 is 1.68 bits per heavy atom. The summed E-state index contributed by atoms with van der Waals surface area (Å²) in [4.78, 5) is 25.6. The zero-order valence-electron chi connectivity index (χ0n) is 15.0. The maximum atomic E-state index is 12.4. The second-order valence-corrected chi connectivity index (χ2v) is 5.97. The third-order valence-electron chi connectivity index (χ3n) is 3.95. The van der Waals surface area contributed by atoms with E-state index in [2.05, 4.69) is 13.8 Å². The summed E-state index contributed by atoms with van der Waals surface area (Å²) in [6.45, 7) is 4.12. The van der Waals surface area contributed by atoms with E-state index in [1.165, 1.54) is 17.6 Å². The molecule has 0 saturated heterocycles. The molecule has 0 fully saturated rings. The molecule has 0 unspecified atom stereocenters. The predicted octanol–water partition coefficient (Wildman–Crippen LogP) is 3.64. The summed E-state index contributed by atoms with van der Waals surface area (Å²) >= 11 is 0. The van der Waals surface area contributed by atoms with Gasteiger partial charge in [0, 0.05) is 7.05 Å². The highest BCUT2D eigenvalue weighted by atomic mass is 16.5. The van der Waals surface area contributed by atoms with Crippen LogP contribution in [0.5, 0.6) is 5.75 Å². The molecule has 2 rings (SSSR count). The lowest BCUT2D eigenvalue weighted by atomic mass is 10.0. The van der Waals surface area contributed by atoms with Crippen LogP contribution < -0.4 is 9.64 Å². The van der Waals surface area contributed by atoms with Crippen LogP contribution in [-0.4, -0.2) is 32.6 Å². The van der Waals surface area contributed by atoms with Crippen LogP contribution in [0, 0.1) is 0 Å². The Hall–Kier alpha value is -2.82. The zero-order chi connectivity index (χ0) is 18.4. The SMILES string of the molecule is COC(=O)c1ccccc1N(C)C(=O)COc1ccc(C(C)C)cc1. The quantitative estimate of drug-likeness (QED) is 0.753. The van der Waals surface area contributed by atoms with Crippen molar-refractivity contribution in [1.29, 1.82) is 0 Å². The van der Waals surface area contributed by atoms with Crippen molar-refractivity contribution in [1.82, 2.24) is 0 Å². The minimum Gasteiger partial charge on any atom is -0.484 e. The van der Waals surface area contributed by atoms with Gasteiger partial charge in [0.05, 0.1) is 18.4 Å². The van der Waals surface area contributed by atoms with Crippen LogP contribution in [0.15, 0.2) is 48.5 Å². The van der Waals surface area contributed by atoms with E-state index < -0.39 is 5.97 Å². The molecule has 0 N–H and O–H groups in total. The molecule has 25 heavy (non-hydrogen) atoms. The Bertz CT molecular complexity index is 738. The van der Waals surface area contributed by atoms with E-state index in [0.717, 1.165) is 0 Å². The molecular weight excluding hydrogens is 318 g/mol. The number of esters is 1. The van der Waals surface area contributed by atoms with Gasteiger partial charge in [-0.3, -0.25) is 4.79 Å². The van der Waals surface area contributed by atoms with Crippen LogP contribution in [0.1, 0.15) is 35.7 Å². The van der Waals surface area contributed by atoms with E-state index in [1.807, 2.05) is 24.3 Å². The maximum absolute atomic E-state index is 12.4. The Kier molecular flexibility index (Phi) is 6.17. The van der Waals surface area contributed by atoms with Crippen molar-refractivity contribution in [3.05, 3.63) is 59.7 Å². The van der Waals surface area contributed by atoms with Gasteiger partial charge >= 0.3 is 5.97 Å². The van der Waals surface area contributed by atoms with Gasteiger partial charge in [-0.05, 0) is 35.7 Å². The molecule has 5 nitrogen and oxygen atoms in total. The fourth-order valence-corrected chi connectivity index (χ4v) is 2.37. The van der Waals surface area contributed by atoms with Crippen molar-refractivity contribution in [3.63, 3.8) is 0 Å². The molecule has 2 aromatic rings. The van der Waals surface area contributed by atoms with Gasteiger partial charge in [0.2, 0.25) is 0 Å². The summed E-state index contributed by atoms with van der Waals surface area (Å²) in [7, 11) is 2.92. The smallest absolute Gasteiger partial charge is 0.339 e. The van der Waals surface area contributed by atoms with E-state index in [-0.39, 0.29) is 12.5 Å². The van der Waals surface area contributed by atoms with Crippen LogP contribution in [0.2, 0.25) is 0 Å². The molecule has 0 spiro atoms. The summed E-state index contributed by atoms with van der Waals surface area (Å²) in [6.07, 6.45) is 0. The second-order valence-electron chi connectivity index (χ2n) is 5.97. The summed E-state index contributed by atoms with van der Waals surface area (Å²) in [5.41, 5.74) is 2.03. The topological polar surface area (TPSA) is 55.8 Å². The van der Waals surface area contributed by atoms with Gasteiger partial charge in [0.25, 0.3) is 5.91 Å². The number of para-hydroxylation sites is 1. The molecule has 5 heteroatoms. The highest BCUT2D eigenvalue weighted by Gasteiger charge is 2.19. The lowest BCUT2D eigenvalue weighted by Gasteiger charge is -2.20. The number of amides is 1. The molecule has 132 valence electrons. The van der Waals surface area contributed by atoms with Gasteiger partial charge in [-0.15, -0.1) is 0 Å². The number of anilines is 1. The third kappa shape index (κ3) is 4.59. The lowest BCUT2D eigenvalue weighted by molar-refractivity contribution is -0.120. The molecule has 2 aromatic carbocycles. The van der Waals surface area contributed by atoms with Crippen molar-refractivity contribution in [2.24, 2.45) is 0 Å². The first kappa shape index (κ1) is 18.5. The first-order chi connectivity index (χ1) is 11.9. The van der Waals surface area contributed by atoms with Gasteiger partial charge in [0.15, 0.2) is 6.61 Å². The molecular formula is C20H23NO4. The average molecular weight is 341 g/mol. The molecule has 1 amide bonds. The van der Waals surface area contributed by atoms with Crippen molar-refractivity contribution in [3.8, 4) is 5.75 Å². The molecule has 0 atom stereocenters. The monoisotopic (exact) mass is 341 g/mol. The number of carbonyl (C=O) groups excluding carboxylic acids is 2. The standard InChI is InChI=1S/C20H23NO4/c1-14(2)15-9-11-16(12-10-15)25-13-19(22)21(3)18-8-6-5-7-17(18)20(23)24-4/h5-12,14H,13H2,1-4H3. The average Bonchev–Trinajstić information content (AvgIpc) is 2.65. The normalized spacial score (nSPS) is 10.4. The molecule has 0 aliphatic carbocycles. The molecule has 0 aliphatic heterocycles. The molecule has 0 aliphatic rings. The number of benzene rings is 2. The van der Waals surface area contributed by atoms with Crippen LogP contribution in [-0.2, 0) is 9.53 Å². The highest BCUT2D eigenvalue weighted by molar-refractivity contribution is 6.02. The number of rotatable bonds is 6. The Balaban J connectivity index is 2.05. The van der Waals surface area contributed by atoms with E-state index in [0.29, 0.717) is 22.9 Å². The number of hydrogen-bond acceptors (Lipinski definition) is 4. The summed E-state index contributed by atoms with van der Waals surface area (Å²) in [6, 6.07) is 14.5. The third-order valence-corrected chi connectivity index (χ3v) is 3.95. The number of nitrogens with zero attached hydrogens (tertiary/aromatic N) is 1. The largest absolute Gasteiger partial charge is 0.484 e. The first-order valence-corrected chi connectivity index (χ1v) is 8.10. The van der Waals surface area contributed by atoms with Crippen molar-refractivity contribution in [2.45, 2.75) is 19.8 Å².